The number of benzene rings is 1. The summed E-state index contributed by atoms with van der Waals surface area (Å²) in [4.78, 5) is 14.2. The molecule has 1 aliphatic heterocycles. The van der Waals surface area contributed by atoms with Crippen LogP contribution in [-0.2, 0) is 4.79 Å². The topological polar surface area (TPSA) is 20.3 Å². The van der Waals surface area contributed by atoms with Crippen LogP contribution in [-0.4, -0.2) is 23.9 Å². The molecule has 1 aromatic carbocycles. The zero-order valence-electron chi connectivity index (χ0n) is 11.3. The second-order valence-electron chi connectivity index (χ2n) is 5.21. The van der Waals surface area contributed by atoms with Crippen molar-refractivity contribution in [3.63, 3.8) is 0 Å². The van der Waals surface area contributed by atoms with Crippen molar-refractivity contribution in [2.45, 2.75) is 39.0 Å². The van der Waals surface area contributed by atoms with Gasteiger partial charge in [0.15, 0.2) is 0 Å². The van der Waals surface area contributed by atoms with Gasteiger partial charge in [0.1, 0.15) is 5.38 Å². The van der Waals surface area contributed by atoms with Gasteiger partial charge in [0, 0.05) is 13.1 Å². The zero-order chi connectivity index (χ0) is 13.3. The first-order valence-corrected chi connectivity index (χ1v) is 6.95. The summed E-state index contributed by atoms with van der Waals surface area (Å²) in [5, 5.41) is -0.538. The third kappa shape index (κ3) is 2.54. The number of hydrogen-bond donors (Lipinski definition) is 0. The van der Waals surface area contributed by atoms with Gasteiger partial charge in [-0.05, 0) is 50.3 Å². The summed E-state index contributed by atoms with van der Waals surface area (Å²) in [6.45, 7) is 7.83. The van der Waals surface area contributed by atoms with Crippen molar-refractivity contribution in [1.29, 1.82) is 0 Å². The van der Waals surface area contributed by atoms with Gasteiger partial charge >= 0.3 is 0 Å². The lowest BCUT2D eigenvalue weighted by atomic mass is 9.96. The van der Waals surface area contributed by atoms with E-state index >= 15 is 0 Å². The summed E-state index contributed by atoms with van der Waals surface area (Å²) in [6.07, 6.45) is 2.20. The maximum atomic E-state index is 12.3. The number of amides is 1. The molecule has 3 heteroatoms. The van der Waals surface area contributed by atoms with E-state index in [0.717, 1.165) is 42.6 Å². The Bertz CT molecular complexity index is 441. The zero-order valence-corrected chi connectivity index (χ0v) is 12.0. The van der Waals surface area contributed by atoms with Gasteiger partial charge in [0.05, 0.1) is 0 Å². The molecule has 18 heavy (non-hydrogen) atoms. The van der Waals surface area contributed by atoms with Gasteiger partial charge in [-0.3, -0.25) is 4.79 Å². The highest BCUT2D eigenvalue weighted by molar-refractivity contribution is 6.31. The van der Waals surface area contributed by atoms with Crippen LogP contribution >= 0.6 is 11.6 Å². The van der Waals surface area contributed by atoms with Crippen molar-refractivity contribution in [2.24, 2.45) is 0 Å². The van der Waals surface area contributed by atoms with E-state index in [4.69, 9.17) is 11.6 Å². The van der Waals surface area contributed by atoms with Gasteiger partial charge in [-0.1, -0.05) is 17.7 Å². The molecule has 1 aromatic rings. The number of likely N-dealkylation sites (tertiary alicyclic amines) is 1. The number of halogens is 1. The van der Waals surface area contributed by atoms with Crippen LogP contribution in [0.15, 0.2) is 12.1 Å². The predicted molar refractivity (Wildman–Crippen MR) is 75.1 cm³/mol. The fraction of sp³-hybridized carbons (Fsp3) is 0.533. The van der Waals surface area contributed by atoms with Crippen LogP contribution in [0.1, 0.15) is 40.5 Å². The molecule has 0 bridgehead atoms. The molecule has 98 valence electrons. The van der Waals surface area contributed by atoms with E-state index in [-0.39, 0.29) is 5.91 Å². The van der Waals surface area contributed by atoms with Crippen LogP contribution in [0.4, 0.5) is 0 Å². The number of rotatable bonds is 2. The Morgan fingerprint density at radius 1 is 1.17 bits per heavy atom. The van der Waals surface area contributed by atoms with Crippen LogP contribution in [0, 0.1) is 20.8 Å². The lowest BCUT2D eigenvalue weighted by Crippen LogP contribution is -2.31. The van der Waals surface area contributed by atoms with Crippen molar-refractivity contribution in [3.8, 4) is 0 Å². The summed E-state index contributed by atoms with van der Waals surface area (Å²) in [7, 11) is 0. The molecule has 0 spiro atoms. The first-order chi connectivity index (χ1) is 8.50. The fourth-order valence-corrected chi connectivity index (χ4v) is 3.29. The molecule has 0 saturated carbocycles. The fourth-order valence-electron chi connectivity index (χ4n) is 2.81. The summed E-state index contributed by atoms with van der Waals surface area (Å²) in [5.74, 6) is 0.0595. The first-order valence-electron chi connectivity index (χ1n) is 6.51. The SMILES string of the molecule is Cc1cc(C)c(C(Cl)C(=O)N2CCCC2)c(C)c1. The number of carbonyl (C=O) groups excluding carboxylic acids is 1. The normalized spacial score (nSPS) is 17.0. The minimum absolute atomic E-state index is 0.0595. The Morgan fingerprint density at radius 2 is 1.67 bits per heavy atom. The van der Waals surface area contributed by atoms with Crippen LogP contribution in [0.5, 0.6) is 0 Å². The van der Waals surface area contributed by atoms with Crippen LogP contribution in [0.25, 0.3) is 0 Å². The van der Waals surface area contributed by atoms with Gasteiger partial charge in [0.2, 0.25) is 5.91 Å². The van der Waals surface area contributed by atoms with Gasteiger partial charge in [-0.2, -0.15) is 0 Å². The molecule has 1 atom stereocenters. The average molecular weight is 266 g/mol. The Balaban J connectivity index is 2.28. The molecular weight excluding hydrogens is 246 g/mol. The van der Waals surface area contributed by atoms with Gasteiger partial charge in [0.25, 0.3) is 0 Å². The van der Waals surface area contributed by atoms with Crippen LogP contribution in [0.3, 0.4) is 0 Å². The van der Waals surface area contributed by atoms with Crippen LogP contribution in [0.2, 0.25) is 0 Å². The Kier molecular flexibility index (Phi) is 3.96. The second-order valence-corrected chi connectivity index (χ2v) is 5.64. The number of alkyl halides is 1. The molecular formula is C15H20ClNO. The molecule has 0 aromatic heterocycles. The molecule has 2 nitrogen and oxygen atoms in total. The van der Waals surface area contributed by atoms with E-state index in [1.54, 1.807) is 0 Å². The molecule has 1 unspecified atom stereocenters. The summed E-state index contributed by atoms with van der Waals surface area (Å²) >= 11 is 6.41. The highest BCUT2D eigenvalue weighted by atomic mass is 35.5. The Labute approximate surface area is 114 Å². The van der Waals surface area contributed by atoms with Crippen molar-refractivity contribution in [1.82, 2.24) is 4.90 Å². The Hall–Kier alpha value is -1.02. The minimum Gasteiger partial charge on any atom is -0.341 e. The average Bonchev–Trinajstić information content (AvgIpc) is 2.79. The van der Waals surface area contributed by atoms with Crippen molar-refractivity contribution >= 4 is 17.5 Å². The highest BCUT2D eigenvalue weighted by Gasteiger charge is 2.28. The van der Waals surface area contributed by atoms with Crippen LogP contribution < -0.4 is 0 Å². The summed E-state index contributed by atoms with van der Waals surface area (Å²) in [5.41, 5.74) is 4.42. The van der Waals surface area contributed by atoms with Crippen molar-refractivity contribution in [2.75, 3.05) is 13.1 Å². The van der Waals surface area contributed by atoms with Gasteiger partial charge < -0.3 is 4.90 Å². The lowest BCUT2D eigenvalue weighted by Gasteiger charge is -2.22. The number of carbonyl (C=O) groups is 1. The molecule has 1 aliphatic rings. The monoisotopic (exact) mass is 265 g/mol. The van der Waals surface area contributed by atoms with E-state index in [9.17, 15) is 4.79 Å². The lowest BCUT2D eigenvalue weighted by molar-refractivity contribution is -0.129. The quantitative estimate of drug-likeness (QED) is 0.750. The number of aryl methyl sites for hydroxylation is 3. The van der Waals surface area contributed by atoms with Gasteiger partial charge in [-0.15, -0.1) is 11.6 Å². The number of hydrogen-bond acceptors (Lipinski definition) is 1. The Morgan fingerprint density at radius 3 is 2.17 bits per heavy atom. The molecule has 1 heterocycles. The molecule has 2 rings (SSSR count). The first kappa shape index (κ1) is 13.4. The van der Waals surface area contributed by atoms with E-state index in [2.05, 4.69) is 19.1 Å². The van der Waals surface area contributed by atoms with Gasteiger partial charge in [-0.25, -0.2) is 0 Å². The summed E-state index contributed by atoms with van der Waals surface area (Å²) < 4.78 is 0. The van der Waals surface area contributed by atoms with E-state index in [1.165, 1.54) is 5.56 Å². The number of nitrogens with zero attached hydrogens (tertiary/aromatic N) is 1. The van der Waals surface area contributed by atoms with E-state index in [0.29, 0.717) is 0 Å². The largest absolute Gasteiger partial charge is 0.341 e. The van der Waals surface area contributed by atoms with E-state index in [1.807, 2.05) is 18.7 Å². The van der Waals surface area contributed by atoms with E-state index < -0.39 is 5.38 Å². The molecule has 1 amide bonds. The smallest absolute Gasteiger partial charge is 0.245 e. The van der Waals surface area contributed by atoms with Crippen molar-refractivity contribution < 1.29 is 4.79 Å². The summed E-state index contributed by atoms with van der Waals surface area (Å²) in [6, 6.07) is 4.18. The minimum atomic E-state index is -0.538. The highest BCUT2D eigenvalue weighted by Crippen LogP contribution is 2.30. The predicted octanol–water partition coefficient (Wildman–Crippen LogP) is 3.51. The van der Waals surface area contributed by atoms with Crippen molar-refractivity contribution in [3.05, 3.63) is 34.4 Å². The third-order valence-electron chi connectivity index (χ3n) is 3.63. The third-order valence-corrected chi connectivity index (χ3v) is 4.03. The molecule has 1 saturated heterocycles. The molecule has 1 fully saturated rings. The molecule has 0 radical (unpaired) electrons. The molecule has 0 aliphatic carbocycles. The molecule has 0 N–H and O–H groups in total. The maximum Gasteiger partial charge on any atom is 0.245 e. The standard InChI is InChI=1S/C15H20ClNO/c1-10-8-11(2)13(12(3)9-10)14(16)15(18)17-6-4-5-7-17/h8-9,14H,4-7H2,1-3H3. The second kappa shape index (κ2) is 5.31. The maximum absolute atomic E-state index is 12.3.